The van der Waals surface area contributed by atoms with Gasteiger partial charge >= 0.3 is 0 Å². The number of rotatable bonds is 4. The molecule has 0 aromatic carbocycles. The smallest absolute Gasteiger partial charge is 0.216 e. The van der Waals surface area contributed by atoms with Crippen LogP contribution in [0.15, 0.2) is 0 Å². The predicted molar refractivity (Wildman–Crippen MR) is 82.1 cm³/mol. The van der Waals surface area contributed by atoms with Crippen LogP contribution in [0.2, 0.25) is 0 Å². The minimum Gasteiger partial charge on any atom is -0.313 e. The first-order chi connectivity index (χ1) is 9.31. The SMILES string of the molecule is CS(=O)(=O)C1CSCCN1S(=O)(=O)CC1CCCCN1. The molecule has 0 aromatic heterocycles. The zero-order valence-corrected chi connectivity index (χ0v) is 14.1. The van der Waals surface area contributed by atoms with Crippen molar-refractivity contribution in [3.63, 3.8) is 0 Å². The minimum absolute atomic E-state index is 0.00366. The van der Waals surface area contributed by atoms with Gasteiger partial charge in [-0.25, -0.2) is 16.8 Å². The van der Waals surface area contributed by atoms with Gasteiger partial charge in [-0.2, -0.15) is 16.1 Å². The normalized spacial score (nSPS) is 30.2. The Kier molecular flexibility index (Phi) is 5.39. The van der Waals surface area contributed by atoms with Gasteiger partial charge in [-0.05, 0) is 19.4 Å². The van der Waals surface area contributed by atoms with Gasteiger partial charge in [0.25, 0.3) is 0 Å². The summed E-state index contributed by atoms with van der Waals surface area (Å²) in [6, 6.07) is -0.0523. The Labute approximate surface area is 125 Å². The van der Waals surface area contributed by atoms with E-state index < -0.39 is 25.2 Å². The van der Waals surface area contributed by atoms with Crippen LogP contribution < -0.4 is 5.32 Å². The predicted octanol–water partition coefficient (Wildman–Crippen LogP) is -0.122. The molecule has 2 aliphatic heterocycles. The van der Waals surface area contributed by atoms with Gasteiger partial charge in [0.05, 0.1) is 5.75 Å². The van der Waals surface area contributed by atoms with Crippen LogP contribution in [0.25, 0.3) is 0 Å². The standard InChI is InChI=1S/C11H22N2O4S3/c1-19(14,15)11-8-18-7-6-13(11)20(16,17)9-10-4-2-3-5-12-10/h10-12H,2-9H2,1H3. The molecule has 0 aliphatic carbocycles. The van der Waals surface area contributed by atoms with Crippen molar-refractivity contribution in [3.8, 4) is 0 Å². The molecule has 2 rings (SSSR count). The Bertz CT molecular complexity index is 526. The lowest BCUT2D eigenvalue weighted by molar-refractivity contribution is 0.384. The number of hydrogen-bond donors (Lipinski definition) is 1. The first-order valence-corrected chi connectivity index (χ1v) is 11.5. The number of nitrogens with one attached hydrogen (secondary N) is 1. The summed E-state index contributed by atoms with van der Waals surface area (Å²) in [6.45, 7) is 1.13. The number of sulfonamides is 1. The Morgan fingerprint density at radius 2 is 2.00 bits per heavy atom. The number of piperidine rings is 1. The maximum Gasteiger partial charge on any atom is 0.216 e. The fourth-order valence-electron chi connectivity index (χ4n) is 2.64. The van der Waals surface area contributed by atoms with E-state index in [9.17, 15) is 16.8 Å². The van der Waals surface area contributed by atoms with Crippen molar-refractivity contribution in [1.29, 1.82) is 0 Å². The molecule has 118 valence electrons. The molecule has 1 N–H and O–H groups in total. The van der Waals surface area contributed by atoms with Crippen LogP contribution in [0.3, 0.4) is 0 Å². The monoisotopic (exact) mass is 342 g/mol. The summed E-state index contributed by atoms with van der Waals surface area (Å²) in [7, 11) is -6.93. The third-order valence-electron chi connectivity index (χ3n) is 3.71. The molecule has 0 spiro atoms. The first-order valence-electron chi connectivity index (χ1n) is 6.80. The highest BCUT2D eigenvalue weighted by Crippen LogP contribution is 2.24. The molecule has 2 atom stereocenters. The molecule has 0 saturated carbocycles. The molecule has 2 unspecified atom stereocenters. The molecule has 0 radical (unpaired) electrons. The van der Waals surface area contributed by atoms with Gasteiger partial charge < -0.3 is 5.32 Å². The lowest BCUT2D eigenvalue weighted by atomic mass is 10.1. The van der Waals surface area contributed by atoms with Gasteiger partial charge in [0.15, 0.2) is 9.84 Å². The summed E-state index contributed by atoms with van der Waals surface area (Å²) in [4.78, 5) is 0. The average Bonchev–Trinajstić information content (AvgIpc) is 2.38. The van der Waals surface area contributed by atoms with Crippen LogP contribution in [0, 0.1) is 0 Å². The summed E-state index contributed by atoms with van der Waals surface area (Å²) < 4.78 is 49.9. The highest BCUT2D eigenvalue weighted by atomic mass is 32.2. The third-order valence-corrected chi connectivity index (χ3v) is 8.47. The zero-order chi connectivity index (χ0) is 14.8. The fourth-order valence-corrected chi connectivity index (χ4v) is 8.18. The Morgan fingerprint density at radius 3 is 2.60 bits per heavy atom. The van der Waals surface area contributed by atoms with Crippen molar-refractivity contribution < 1.29 is 16.8 Å². The van der Waals surface area contributed by atoms with E-state index in [0.29, 0.717) is 11.5 Å². The summed E-state index contributed by atoms with van der Waals surface area (Å²) in [5.41, 5.74) is 0. The Balaban J connectivity index is 2.13. The lowest BCUT2D eigenvalue weighted by Crippen LogP contribution is -2.53. The van der Waals surface area contributed by atoms with E-state index in [0.717, 1.165) is 32.1 Å². The summed E-state index contributed by atoms with van der Waals surface area (Å²) >= 11 is 1.49. The maximum absolute atomic E-state index is 12.5. The second kappa shape index (κ2) is 6.51. The van der Waals surface area contributed by atoms with Crippen LogP contribution in [-0.2, 0) is 19.9 Å². The van der Waals surface area contributed by atoms with Crippen LogP contribution in [-0.4, -0.2) is 69.2 Å². The molecule has 0 aromatic rings. The summed E-state index contributed by atoms with van der Waals surface area (Å²) in [6.07, 6.45) is 4.05. The topological polar surface area (TPSA) is 83.6 Å². The maximum atomic E-state index is 12.5. The second-order valence-electron chi connectivity index (χ2n) is 5.40. The van der Waals surface area contributed by atoms with Crippen molar-refractivity contribution in [2.24, 2.45) is 0 Å². The molecule has 9 heteroatoms. The molecule has 6 nitrogen and oxygen atoms in total. The van der Waals surface area contributed by atoms with Crippen LogP contribution >= 0.6 is 11.8 Å². The molecule has 2 aliphatic rings. The van der Waals surface area contributed by atoms with Gasteiger partial charge in [-0.3, -0.25) is 0 Å². The largest absolute Gasteiger partial charge is 0.313 e. The van der Waals surface area contributed by atoms with E-state index in [2.05, 4.69) is 5.32 Å². The zero-order valence-electron chi connectivity index (χ0n) is 11.6. The van der Waals surface area contributed by atoms with E-state index in [-0.39, 0.29) is 18.3 Å². The molecular weight excluding hydrogens is 320 g/mol. The Morgan fingerprint density at radius 1 is 1.25 bits per heavy atom. The Hall–Kier alpha value is 0.170. The van der Waals surface area contributed by atoms with Crippen molar-refractivity contribution in [2.75, 3.05) is 36.6 Å². The lowest BCUT2D eigenvalue weighted by Gasteiger charge is -2.34. The highest BCUT2D eigenvalue weighted by molar-refractivity contribution is 8.01. The molecule has 20 heavy (non-hydrogen) atoms. The van der Waals surface area contributed by atoms with Crippen molar-refractivity contribution in [3.05, 3.63) is 0 Å². The van der Waals surface area contributed by atoms with Crippen LogP contribution in [0.1, 0.15) is 19.3 Å². The van der Waals surface area contributed by atoms with Gasteiger partial charge in [0.2, 0.25) is 10.0 Å². The van der Waals surface area contributed by atoms with Gasteiger partial charge in [0.1, 0.15) is 5.37 Å². The van der Waals surface area contributed by atoms with E-state index in [4.69, 9.17) is 0 Å². The summed E-state index contributed by atoms with van der Waals surface area (Å²) in [5.74, 6) is 0.989. The molecule has 0 amide bonds. The second-order valence-corrected chi connectivity index (χ2v) is 10.7. The number of sulfone groups is 1. The number of thioether (sulfide) groups is 1. The van der Waals surface area contributed by atoms with E-state index in [1.54, 1.807) is 0 Å². The number of nitrogens with zero attached hydrogens (tertiary/aromatic N) is 1. The molecule has 2 heterocycles. The van der Waals surface area contributed by atoms with Gasteiger partial charge in [0, 0.05) is 30.3 Å². The van der Waals surface area contributed by atoms with Crippen molar-refractivity contribution >= 4 is 31.6 Å². The fraction of sp³-hybridized carbons (Fsp3) is 1.00. The molecule has 2 saturated heterocycles. The number of hydrogen-bond acceptors (Lipinski definition) is 6. The quantitative estimate of drug-likeness (QED) is 0.767. The van der Waals surface area contributed by atoms with Crippen molar-refractivity contribution in [1.82, 2.24) is 9.62 Å². The third kappa shape index (κ3) is 4.09. The highest BCUT2D eigenvalue weighted by Gasteiger charge is 2.39. The van der Waals surface area contributed by atoms with Gasteiger partial charge in [-0.1, -0.05) is 6.42 Å². The van der Waals surface area contributed by atoms with E-state index >= 15 is 0 Å². The minimum atomic E-state index is -3.54. The van der Waals surface area contributed by atoms with Crippen molar-refractivity contribution in [2.45, 2.75) is 30.7 Å². The van der Waals surface area contributed by atoms with E-state index in [1.165, 1.54) is 16.1 Å². The van der Waals surface area contributed by atoms with Crippen LogP contribution in [0.4, 0.5) is 0 Å². The average molecular weight is 343 g/mol. The molecule has 2 fully saturated rings. The molecule has 0 bridgehead atoms. The summed E-state index contributed by atoms with van der Waals surface area (Å²) in [5, 5.41) is 2.30. The van der Waals surface area contributed by atoms with E-state index in [1.807, 2.05) is 0 Å². The van der Waals surface area contributed by atoms with Gasteiger partial charge in [-0.15, -0.1) is 0 Å². The van der Waals surface area contributed by atoms with Crippen LogP contribution in [0.5, 0.6) is 0 Å². The molecular formula is C11H22N2O4S3. The first kappa shape index (κ1) is 16.5.